The summed E-state index contributed by atoms with van der Waals surface area (Å²) < 4.78 is 1.44. The molecule has 1 amide bonds. The van der Waals surface area contributed by atoms with E-state index in [4.69, 9.17) is 0 Å². The van der Waals surface area contributed by atoms with Gasteiger partial charge in [-0.3, -0.25) is 9.78 Å². The molecule has 1 saturated carbocycles. The van der Waals surface area contributed by atoms with Gasteiger partial charge in [-0.05, 0) is 25.2 Å². The fraction of sp³-hybridized carbons (Fsp3) is 0.727. The van der Waals surface area contributed by atoms with Crippen LogP contribution in [0.3, 0.4) is 0 Å². The summed E-state index contributed by atoms with van der Waals surface area (Å²) in [6.07, 6.45) is 4.49. The molecule has 1 aliphatic carbocycles. The van der Waals surface area contributed by atoms with Gasteiger partial charge in [0, 0.05) is 19.0 Å². The number of carbonyl (C=O) groups excluding carboxylic acids is 1. The van der Waals surface area contributed by atoms with Crippen LogP contribution in [0.5, 0.6) is 0 Å². The highest BCUT2D eigenvalue weighted by atomic mass is 16.2. The normalized spacial score (nSPS) is 24.2. The quantitative estimate of drug-likeness (QED) is 0.792. The molecule has 6 nitrogen and oxygen atoms in total. The van der Waals surface area contributed by atoms with Crippen LogP contribution in [0.25, 0.3) is 0 Å². The van der Waals surface area contributed by atoms with E-state index in [9.17, 15) is 9.59 Å². The lowest BCUT2D eigenvalue weighted by molar-refractivity contribution is -0.131. The highest BCUT2D eigenvalue weighted by molar-refractivity contribution is 5.81. The first-order valence-corrected chi connectivity index (χ1v) is 6.13. The molecule has 0 unspecified atom stereocenters. The van der Waals surface area contributed by atoms with E-state index in [1.165, 1.54) is 11.0 Å². The fourth-order valence-electron chi connectivity index (χ4n) is 2.43. The first-order chi connectivity index (χ1) is 8.24. The van der Waals surface area contributed by atoms with Crippen molar-refractivity contribution in [3.05, 3.63) is 16.8 Å². The lowest BCUT2D eigenvalue weighted by Gasteiger charge is -2.15. The van der Waals surface area contributed by atoms with Gasteiger partial charge in [0.15, 0.2) is 0 Å². The zero-order chi connectivity index (χ0) is 11.8. The molecule has 2 fully saturated rings. The minimum atomic E-state index is -0.169. The van der Waals surface area contributed by atoms with E-state index in [1.54, 1.807) is 0 Å². The first-order valence-electron chi connectivity index (χ1n) is 6.13. The van der Waals surface area contributed by atoms with Crippen molar-refractivity contribution in [1.82, 2.24) is 19.7 Å². The smallest absolute Gasteiger partial charge is 0.342 e. The third kappa shape index (κ3) is 2.11. The zero-order valence-electron chi connectivity index (χ0n) is 9.63. The summed E-state index contributed by atoms with van der Waals surface area (Å²) in [5.41, 5.74) is -0.169. The van der Waals surface area contributed by atoms with Crippen LogP contribution in [0, 0.1) is 11.8 Å². The van der Waals surface area contributed by atoms with E-state index in [0.29, 0.717) is 24.3 Å². The Bertz CT molecular complexity index is 474. The molecule has 1 aromatic rings. The van der Waals surface area contributed by atoms with E-state index >= 15 is 0 Å². The maximum absolute atomic E-state index is 11.9. The molecular weight excluding hydrogens is 220 g/mol. The molecule has 1 aromatic heterocycles. The molecule has 1 atom stereocenters. The standard InChI is InChI=1S/C11H16N4O2/c16-10(9-1-2-9)14-4-3-8(5-14)6-15-11(17)12-7-13-15/h7-9H,1-6H2,(H,12,13,17)/t8-/m0/s1. The van der Waals surface area contributed by atoms with Crippen molar-refractivity contribution < 1.29 is 4.79 Å². The molecule has 0 radical (unpaired) electrons. The number of H-pyrrole nitrogens is 1. The van der Waals surface area contributed by atoms with Crippen molar-refractivity contribution in [2.75, 3.05) is 13.1 Å². The summed E-state index contributed by atoms with van der Waals surface area (Å²) in [4.78, 5) is 27.6. The molecule has 0 spiro atoms. The van der Waals surface area contributed by atoms with Gasteiger partial charge in [0.25, 0.3) is 0 Å². The number of aromatic nitrogens is 3. The molecule has 2 aliphatic rings. The maximum atomic E-state index is 11.9. The lowest BCUT2D eigenvalue weighted by Crippen LogP contribution is -2.31. The predicted molar refractivity (Wildman–Crippen MR) is 60.3 cm³/mol. The minimum Gasteiger partial charge on any atom is -0.342 e. The summed E-state index contributed by atoms with van der Waals surface area (Å²) in [6, 6.07) is 0. The molecule has 1 saturated heterocycles. The number of hydrogen-bond donors (Lipinski definition) is 1. The summed E-state index contributed by atoms with van der Waals surface area (Å²) in [6.45, 7) is 2.21. The van der Waals surface area contributed by atoms with Gasteiger partial charge >= 0.3 is 5.69 Å². The van der Waals surface area contributed by atoms with E-state index in [1.807, 2.05) is 4.90 Å². The van der Waals surface area contributed by atoms with Crippen molar-refractivity contribution in [1.29, 1.82) is 0 Å². The number of rotatable bonds is 3. The number of nitrogens with zero attached hydrogens (tertiary/aromatic N) is 3. The van der Waals surface area contributed by atoms with Gasteiger partial charge in [0.05, 0.1) is 6.54 Å². The number of hydrogen-bond acceptors (Lipinski definition) is 3. The van der Waals surface area contributed by atoms with Crippen molar-refractivity contribution >= 4 is 5.91 Å². The molecule has 17 heavy (non-hydrogen) atoms. The van der Waals surface area contributed by atoms with Crippen LogP contribution < -0.4 is 5.69 Å². The molecule has 6 heteroatoms. The van der Waals surface area contributed by atoms with Crippen LogP contribution in [0.4, 0.5) is 0 Å². The largest absolute Gasteiger partial charge is 0.343 e. The van der Waals surface area contributed by atoms with E-state index < -0.39 is 0 Å². The Morgan fingerprint density at radius 2 is 2.29 bits per heavy atom. The van der Waals surface area contributed by atoms with E-state index in [-0.39, 0.29) is 5.69 Å². The SMILES string of the molecule is O=C(C1CC1)N1CC[C@H](Cn2nc[nH]c2=O)C1. The van der Waals surface area contributed by atoms with Crippen LogP contribution in [0.1, 0.15) is 19.3 Å². The molecule has 1 aliphatic heterocycles. The van der Waals surface area contributed by atoms with Gasteiger partial charge in [0.2, 0.25) is 5.91 Å². The van der Waals surface area contributed by atoms with E-state index in [2.05, 4.69) is 10.1 Å². The van der Waals surface area contributed by atoms with Crippen LogP contribution in [-0.4, -0.2) is 38.7 Å². The van der Waals surface area contributed by atoms with Crippen molar-refractivity contribution in [2.45, 2.75) is 25.8 Å². The Hall–Kier alpha value is -1.59. The third-order valence-corrected chi connectivity index (χ3v) is 3.57. The van der Waals surface area contributed by atoms with Crippen molar-refractivity contribution in [2.24, 2.45) is 11.8 Å². The van der Waals surface area contributed by atoms with E-state index in [0.717, 1.165) is 32.4 Å². The topological polar surface area (TPSA) is 71.0 Å². The molecule has 92 valence electrons. The molecule has 1 N–H and O–H groups in total. The first kappa shape index (κ1) is 10.6. The van der Waals surface area contributed by atoms with Gasteiger partial charge in [-0.25, -0.2) is 9.48 Å². The average molecular weight is 236 g/mol. The van der Waals surface area contributed by atoms with Crippen LogP contribution in [0.15, 0.2) is 11.1 Å². The Labute approximate surface area is 98.6 Å². The molecule has 3 rings (SSSR count). The second-order valence-electron chi connectivity index (χ2n) is 4.99. The highest BCUT2D eigenvalue weighted by Crippen LogP contribution is 2.32. The van der Waals surface area contributed by atoms with Gasteiger partial charge in [0.1, 0.15) is 6.33 Å². The second-order valence-corrected chi connectivity index (χ2v) is 4.99. The van der Waals surface area contributed by atoms with Gasteiger partial charge in [-0.15, -0.1) is 0 Å². The van der Waals surface area contributed by atoms with Crippen molar-refractivity contribution in [3.63, 3.8) is 0 Å². The molecule has 2 heterocycles. The average Bonchev–Trinajstić information content (AvgIpc) is 2.95. The Balaban J connectivity index is 1.58. The third-order valence-electron chi connectivity index (χ3n) is 3.57. The molecule has 0 aromatic carbocycles. The molecular formula is C11H16N4O2. The van der Waals surface area contributed by atoms with Gasteiger partial charge < -0.3 is 4.90 Å². The fourth-order valence-corrected chi connectivity index (χ4v) is 2.43. The number of nitrogens with one attached hydrogen (secondary N) is 1. The number of carbonyl (C=O) groups is 1. The summed E-state index contributed by atoms with van der Waals surface area (Å²) in [5, 5.41) is 3.94. The Morgan fingerprint density at radius 1 is 1.47 bits per heavy atom. The Morgan fingerprint density at radius 3 is 2.94 bits per heavy atom. The minimum absolute atomic E-state index is 0.169. The van der Waals surface area contributed by atoms with Crippen LogP contribution >= 0.6 is 0 Å². The summed E-state index contributed by atoms with van der Waals surface area (Å²) in [7, 11) is 0. The summed E-state index contributed by atoms with van der Waals surface area (Å²) >= 11 is 0. The predicted octanol–water partition coefficient (Wildman–Crippen LogP) is -0.170. The van der Waals surface area contributed by atoms with Crippen LogP contribution in [-0.2, 0) is 11.3 Å². The lowest BCUT2D eigenvalue weighted by atomic mass is 10.1. The maximum Gasteiger partial charge on any atom is 0.343 e. The molecule has 0 bridgehead atoms. The monoisotopic (exact) mass is 236 g/mol. The summed E-state index contributed by atoms with van der Waals surface area (Å²) in [5.74, 6) is 0.961. The number of aromatic amines is 1. The Kier molecular flexibility index (Phi) is 2.49. The highest BCUT2D eigenvalue weighted by Gasteiger charge is 2.36. The second kappa shape index (κ2) is 4.01. The van der Waals surface area contributed by atoms with Crippen LogP contribution in [0.2, 0.25) is 0 Å². The van der Waals surface area contributed by atoms with Gasteiger partial charge in [-0.1, -0.05) is 0 Å². The zero-order valence-corrected chi connectivity index (χ0v) is 9.63. The van der Waals surface area contributed by atoms with Gasteiger partial charge in [-0.2, -0.15) is 5.10 Å². The van der Waals surface area contributed by atoms with Crippen molar-refractivity contribution in [3.8, 4) is 0 Å². The number of amides is 1. The number of likely N-dealkylation sites (tertiary alicyclic amines) is 1.